The first-order valence-electron chi connectivity index (χ1n) is 8.48. The van der Waals surface area contributed by atoms with Gasteiger partial charge in [0, 0.05) is 6.54 Å². The summed E-state index contributed by atoms with van der Waals surface area (Å²) in [6, 6.07) is -1.88. The highest BCUT2D eigenvalue weighted by Crippen LogP contribution is 2.43. The fourth-order valence-corrected chi connectivity index (χ4v) is 3.68. The van der Waals surface area contributed by atoms with Gasteiger partial charge in [0.25, 0.3) is 0 Å². The van der Waals surface area contributed by atoms with Gasteiger partial charge in [-0.1, -0.05) is 13.8 Å². The Morgan fingerprint density at radius 1 is 1.38 bits per heavy atom. The average molecular weight is 340 g/mol. The third-order valence-corrected chi connectivity index (χ3v) is 4.71. The van der Waals surface area contributed by atoms with Gasteiger partial charge in [-0.15, -0.1) is 0 Å². The van der Waals surface area contributed by atoms with E-state index in [0.29, 0.717) is 25.9 Å². The highest BCUT2D eigenvalue weighted by atomic mass is 16.6. The summed E-state index contributed by atoms with van der Waals surface area (Å²) in [5.41, 5.74) is -1.38. The molecule has 0 aromatic heterocycles. The predicted octanol–water partition coefficient (Wildman–Crippen LogP) is 1.02. The van der Waals surface area contributed by atoms with Crippen LogP contribution in [0.1, 0.15) is 47.5 Å². The third-order valence-electron chi connectivity index (χ3n) is 4.71. The number of esters is 1. The van der Waals surface area contributed by atoms with E-state index in [-0.39, 0.29) is 11.8 Å². The van der Waals surface area contributed by atoms with E-state index >= 15 is 0 Å². The number of carboxylic acid groups (broad SMARTS) is 1. The molecular formula is C17H28N2O5. The maximum absolute atomic E-state index is 13.1. The van der Waals surface area contributed by atoms with Crippen LogP contribution in [0.15, 0.2) is 0 Å². The number of nitrogens with one attached hydrogen (secondary N) is 1. The molecule has 2 rings (SSSR count). The number of likely N-dealkylation sites (tertiary alicyclic amines) is 1. The molecule has 0 aromatic carbocycles. The lowest BCUT2D eigenvalue weighted by molar-refractivity contribution is -0.167. The number of hydrogen-bond acceptors (Lipinski definition) is 5. The molecule has 2 fully saturated rings. The topological polar surface area (TPSA) is 95.9 Å². The van der Waals surface area contributed by atoms with Crippen LogP contribution >= 0.6 is 0 Å². The highest BCUT2D eigenvalue weighted by Gasteiger charge is 2.58. The van der Waals surface area contributed by atoms with Crippen LogP contribution in [0.3, 0.4) is 0 Å². The van der Waals surface area contributed by atoms with Gasteiger partial charge in [0.15, 0.2) is 0 Å². The Kier molecular flexibility index (Phi) is 4.95. The molecule has 24 heavy (non-hydrogen) atoms. The zero-order chi connectivity index (χ0) is 18.3. The number of rotatable bonds is 4. The van der Waals surface area contributed by atoms with Crippen molar-refractivity contribution in [2.24, 2.45) is 11.3 Å². The summed E-state index contributed by atoms with van der Waals surface area (Å²) < 4.78 is 5.47. The summed E-state index contributed by atoms with van der Waals surface area (Å²) >= 11 is 0. The van der Waals surface area contributed by atoms with E-state index < -0.39 is 35.0 Å². The summed E-state index contributed by atoms with van der Waals surface area (Å²) in [6.07, 6.45) is 0.927. The van der Waals surface area contributed by atoms with Crippen LogP contribution in [-0.2, 0) is 19.1 Å². The normalized spacial score (nSPS) is 28.7. The number of nitrogens with zero attached hydrogens (tertiary/aromatic N) is 1. The largest absolute Gasteiger partial charge is 0.480 e. The minimum atomic E-state index is -1.09. The van der Waals surface area contributed by atoms with Crippen molar-refractivity contribution in [3.05, 3.63) is 0 Å². The first-order chi connectivity index (χ1) is 11.0. The summed E-state index contributed by atoms with van der Waals surface area (Å²) in [7, 11) is 0. The Morgan fingerprint density at radius 3 is 2.42 bits per heavy atom. The molecule has 1 amide bonds. The molecular weight excluding hydrogens is 312 g/mol. The number of amides is 1. The second-order valence-corrected chi connectivity index (χ2v) is 8.20. The molecule has 7 heteroatoms. The summed E-state index contributed by atoms with van der Waals surface area (Å²) in [5.74, 6) is -2.16. The van der Waals surface area contributed by atoms with E-state index in [4.69, 9.17) is 4.74 Å². The lowest BCUT2D eigenvalue weighted by atomic mass is 9.84. The number of aliphatic carboxylic acids is 1. The summed E-state index contributed by atoms with van der Waals surface area (Å²) in [4.78, 5) is 38.8. The molecule has 2 N–H and O–H groups in total. The monoisotopic (exact) mass is 340 g/mol. The minimum Gasteiger partial charge on any atom is -0.480 e. The minimum absolute atomic E-state index is 0.246. The van der Waals surface area contributed by atoms with E-state index in [1.165, 1.54) is 4.90 Å². The first kappa shape index (κ1) is 18.7. The molecule has 1 spiro atoms. The lowest BCUT2D eigenvalue weighted by Gasteiger charge is -2.33. The molecule has 3 unspecified atom stereocenters. The number of hydrogen-bond donors (Lipinski definition) is 2. The Morgan fingerprint density at radius 2 is 2.00 bits per heavy atom. The van der Waals surface area contributed by atoms with Gasteiger partial charge in [-0.25, -0.2) is 9.59 Å². The van der Waals surface area contributed by atoms with E-state index in [2.05, 4.69) is 5.32 Å². The molecule has 0 radical (unpaired) electrons. The van der Waals surface area contributed by atoms with Crippen molar-refractivity contribution in [2.75, 3.05) is 13.1 Å². The average Bonchev–Trinajstić information content (AvgIpc) is 2.97. The van der Waals surface area contributed by atoms with Gasteiger partial charge >= 0.3 is 11.9 Å². The number of carboxylic acids is 1. The van der Waals surface area contributed by atoms with Crippen LogP contribution < -0.4 is 5.32 Å². The zero-order valence-electron chi connectivity index (χ0n) is 15.1. The van der Waals surface area contributed by atoms with Crippen molar-refractivity contribution < 1.29 is 24.2 Å². The van der Waals surface area contributed by atoms with E-state index in [0.717, 1.165) is 0 Å². The summed E-state index contributed by atoms with van der Waals surface area (Å²) in [5, 5.41) is 12.8. The van der Waals surface area contributed by atoms with Crippen molar-refractivity contribution in [1.82, 2.24) is 10.2 Å². The van der Waals surface area contributed by atoms with E-state index in [1.807, 2.05) is 0 Å². The van der Waals surface area contributed by atoms with Crippen molar-refractivity contribution in [3.63, 3.8) is 0 Å². The van der Waals surface area contributed by atoms with Crippen LogP contribution in [0.25, 0.3) is 0 Å². The second kappa shape index (κ2) is 6.35. The molecule has 0 aliphatic carbocycles. The standard InChI is InChI=1S/C17H28N2O5/c1-10(2)12(13(20)21)19-11(14(22)24-16(3,4)5)8-17(15(19)23)6-7-18-9-17/h10-12,18H,6-9H2,1-5H3,(H,20,21). The molecule has 2 aliphatic heterocycles. The smallest absolute Gasteiger partial charge is 0.329 e. The van der Waals surface area contributed by atoms with Gasteiger partial charge in [0.1, 0.15) is 17.7 Å². The lowest BCUT2D eigenvalue weighted by Crippen LogP contribution is -2.53. The molecule has 2 heterocycles. The van der Waals surface area contributed by atoms with Gasteiger partial charge in [-0.05, 0) is 46.1 Å². The molecule has 2 aliphatic rings. The number of ether oxygens (including phenoxy) is 1. The zero-order valence-corrected chi connectivity index (χ0v) is 15.1. The molecule has 0 aromatic rings. The molecule has 2 saturated heterocycles. The molecule has 0 saturated carbocycles. The van der Waals surface area contributed by atoms with Crippen LogP contribution in [0.4, 0.5) is 0 Å². The fourth-order valence-electron chi connectivity index (χ4n) is 3.68. The van der Waals surface area contributed by atoms with Crippen LogP contribution in [-0.4, -0.2) is 58.6 Å². The fraction of sp³-hybridized carbons (Fsp3) is 0.824. The predicted molar refractivity (Wildman–Crippen MR) is 87.3 cm³/mol. The Labute approximate surface area is 142 Å². The Balaban J connectivity index is 2.39. The quantitative estimate of drug-likeness (QED) is 0.742. The van der Waals surface area contributed by atoms with Crippen molar-refractivity contribution in [1.29, 1.82) is 0 Å². The molecule has 0 bridgehead atoms. The van der Waals surface area contributed by atoms with Gasteiger partial charge in [0.05, 0.1) is 5.41 Å². The van der Waals surface area contributed by atoms with E-state index in [1.54, 1.807) is 34.6 Å². The highest BCUT2D eigenvalue weighted by molar-refractivity contribution is 5.96. The SMILES string of the molecule is CC(C)C(C(=O)O)N1C(=O)C2(CCNC2)CC1C(=O)OC(C)(C)C. The Hall–Kier alpha value is -1.63. The van der Waals surface area contributed by atoms with Gasteiger partial charge < -0.3 is 20.1 Å². The molecule has 136 valence electrons. The number of carbonyl (C=O) groups is 3. The molecule has 3 atom stereocenters. The van der Waals surface area contributed by atoms with Crippen LogP contribution in [0.5, 0.6) is 0 Å². The summed E-state index contributed by atoms with van der Waals surface area (Å²) in [6.45, 7) is 9.94. The van der Waals surface area contributed by atoms with Gasteiger partial charge in [0.2, 0.25) is 5.91 Å². The van der Waals surface area contributed by atoms with Gasteiger partial charge in [-0.2, -0.15) is 0 Å². The van der Waals surface area contributed by atoms with E-state index in [9.17, 15) is 19.5 Å². The third kappa shape index (κ3) is 3.41. The van der Waals surface area contributed by atoms with Crippen LogP contribution in [0.2, 0.25) is 0 Å². The maximum Gasteiger partial charge on any atom is 0.329 e. The first-order valence-corrected chi connectivity index (χ1v) is 8.48. The van der Waals surface area contributed by atoms with Crippen molar-refractivity contribution in [2.45, 2.75) is 65.1 Å². The molecule has 7 nitrogen and oxygen atoms in total. The van der Waals surface area contributed by atoms with Crippen molar-refractivity contribution in [3.8, 4) is 0 Å². The van der Waals surface area contributed by atoms with Crippen LogP contribution in [0, 0.1) is 11.3 Å². The second-order valence-electron chi connectivity index (χ2n) is 8.20. The maximum atomic E-state index is 13.1. The Bertz CT molecular complexity index is 532. The van der Waals surface area contributed by atoms with Gasteiger partial charge in [-0.3, -0.25) is 4.79 Å². The number of carbonyl (C=O) groups excluding carboxylic acids is 2. The van der Waals surface area contributed by atoms with Crippen molar-refractivity contribution >= 4 is 17.8 Å².